The molecule has 2 aliphatic rings. The third-order valence-corrected chi connectivity index (χ3v) is 2.83. The van der Waals surface area contributed by atoms with Crippen molar-refractivity contribution in [2.45, 2.75) is 19.1 Å². The van der Waals surface area contributed by atoms with Crippen molar-refractivity contribution in [3.05, 3.63) is 0 Å². The van der Waals surface area contributed by atoms with E-state index in [9.17, 15) is 0 Å². The summed E-state index contributed by atoms with van der Waals surface area (Å²) >= 11 is 0. The molecule has 3 nitrogen and oxygen atoms in total. The van der Waals surface area contributed by atoms with Crippen LogP contribution in [0.5, 0.6) is 0 Å². The van der Waals surface area contributed by atoms with Crippen LogP contribution in [0.1, 0.15) is 12.8 Å². The van der Waals surface area contributed by atoms with Gasteiger partial charge in [0.05, 0.1) is 6.61 Å². The summed E-state index contributed by atoms with van der Waals surface area (Å²) in [6, 6.07) is 0. The standard InChI is InChI=1S/C9H18N2O/c1-11-4-2-8(7-11)6-9-10-3-5-12-9/h8-10H,2-7H2,1H3. The molecule has 1 N–H and O–H groups in total. The van der Waals surface area contributed by atoms with E-state index in [2.05, 4.69) is 17.3 Å². The van der Waals surface area contributed by atoms with Crippen molar-refractivity contribution in [1.29, 1.82) is 0 Å². The normalized spacial score (nSPS) is 37.8. The number of rotatable bonds is 2. The molecule has 0 amide bonds. The maximum absolute atomic E-state index is 5.52. The number of likely N-dealkylation sites (tertiary alicyclic amines) is 1. The van der Waals surface area contributed by atoms with E-state index in [0.717, 1.165) is 19.1 Å². The fraction of sp³-hybridized carbons (Fsp3) is 1.00. The first-order chi connectivity index (χ1) is 5.84. The Bertz CT molecular complexity index is 145. The van der Waals surface area contributed by atoms with Gasteiger partial charge in [-0.05, 0) is 32.4 Å². The van der Waals surface area contributed by atoms with Crippen molar-refractivity contribution in [3.8, 4) is 0 Å². The van der Waals surface area contributed by atoms with Crippen LogP contribution in [0.3, 0.4) is 0 Å². The molecule has 2 fully saturated rings. The van der Waals surface area contributed by atoms with Crippen molar-refractivity contribution in [2.24, 2.45) is 5.92 Å². The van der Waals surface area contributed by atoms with Crippen LogP contribution in [0.4, 0.5) is 0 Å². The second kappa shape index (κ2) is 3.73. The van der Waals surface area contributed by atoms with Crippen LogP contribution in [-0.2, 0) is 4.74 Å². The Hall–Kier alpha value is -0.120. The number of hydrogen-bond acceptors (Lipinski definition) is 3. The lowest BCUT2D eigenvalue weighted by Crippen LogP contribution is -2.26. The van der Waals surface area contributed by atoms with Crippen molar-refractivity contribution < 1.29 is 4.74 Å². The van der Waals surface area contributed by atoms with Crippen molar-refractivity contribution in [3.63, 3.8) is 0 Å². The highest BCUT2D eigenvalue weighted by Crippen LogP contribution is 2.20. The van der Waals surface area contributed by atoms with Crippen LogP contribution < -0.4 is 5.32 Å². The molecule has 0 aromatic rings. The van der Waals surface area contributed by atoms with E-state index in [1.54, 1.807) is 0 Å². The van der Waals surface area contributed by atoms with Gasteiger partial charge in [-0.3, -0.25) is 5.32 Å². The van der Waals surface area contributed by atoms with E-state index < -0.39 is 0 Å². The fourth-order valence-corrected chi connectivity index (χ4v) is 2.15. The van der Waals surface area contributed by atoms with Crippen molar-refractivity contribution in [2.75, 3.05) is 33.3 Å². The highest BCUT2D eigenvalue weighted by atomic mass is 16.5. The van der Waals surface area contributed by atoms with Gasteiger partial charge in [-0.1, -0.05) is 0 Å². The summed E-state index contributed by atoms with van der Waals surface area (Å²) in [5, 5.41) is 3.36. The molecule has 2 unspecified atom stereocenters. The highest BCUT2D eigenvalue weighted by molar-refractivity contribution is 4.76. The zero-order valence-electron chi connectivity index (χ0n) is 7.75. The summed E-state index contributed by atoms with van der Waals surface area (Å²) in [4.78, 5) is 2.40. The SMILES string of the molecule is CN1CCC(CC2NCCO2)C1. The van der Waals surface area contributed by atoms with Gasteiger partial charge in [0, 0.05) is 13.1 Å². The lowest BCUT2D eigenvalue weighted by atomic mass is 10.0. The molecular weight excluding hydrogens is 152 g/mol. The summed E-state index contributed by atoms with van der Waals surface area (Å²) in [6.07, 6.45) is 2.89. The van der Waals surface area contributed by atoms with Crippen LogP contribution >= 0.6 is 0 Å². The second-order valence-corrected chi connectivity index (χ2v) is 3.97. The lowest BCUT2D eigenvalue weighted by molar-refractivity contribution is 0.0807. The molecular formula is C9H18N2O. The Morgan fingerprint density at radius 1 is 1.58 bits per heavy atom. The Labute approximate surface area is 74.1 Å². The van der Waals surface area contributed by atoms with Crippen molar-refractivity contribution >= 4 is 0 Å². The zero-order valence-corrected chi connectivity index (χ0v) is 7.75. The Balaban J connectivity index is 1.72. The Kier molecular flexibility index (Phi) is 2.63. The van der Waals surface area contributed by atoms with Crippen LogP contribution in [0, 0.1) is 5.92 Å². The third kappa shape index (κ3) is 1.97. The average molecular weight is 170 g/mol. The van der Waals surface area contributed by atoms with E-state index >= 15 is 0 Å². The summed E-state index contributed by atoms with van der Waals surface area (Å²) in [5.41, 5.74) is 0. The van der Waals surface area contributed by atoms with Crippen molar-refractivity contribution in [1.82, 2.24) is 10.2 Å². The summed E-state index contributed by atoms with van der Waals surface area (Å²) < 4.78 is 5.52. The molecule has 2 atom stereocenters. The minimum absolute atomic E-state index is 0.349. The number of nitrogens with one attached hydrogen (secondary N) is 1. The number of ether oxygens (including phenoxy) is 1. The third-order valence-electron chi connectivity index (χ3n) is 2.83. The van der Waals surface area contributed by atoms with Gasteiger partial charge in [0.2, 0.25) is 0 Å². The minimum atomic E-state index is 0.349. The lowest BCUT2D eigenvalue weighted by Gasteiger charge is -2.15. The molecule has 2 aliphatic heterocycles. The average Bonchev–Trinajstić information content (AvgIpc) is 2.63. The molecule has 0 spiro atoms. The molecule has 3 heteroatoms. The molecule has 2 rings (SSSR count). The van der Waals surface area contributed by atoms with Gasteiger partial charge in [-0.15, -0.1) is 0 Å². The number of nitrogens with zero attached hydrogens (tertiary/aromatic N) is 1. The van der Waals surface area contributed by atoms with Gasteiger partial charge in [0.1, 0.15) is 6.23 Å². The van der Waals surface area contributed by atoms with Gasteiger partial charge >= 0.3 is 0 Å². The van der Waals surface area contributed by atoms with Gasteiger partial charge in [-0.2, -0.15) is 0 Å². The van der Waals surface area contributed by atoms with E-state index in [1.165, 1.54) is 25.9 Å². The van der Waals surface area contributed by atoms with E-state index in [4.69, 9.17) is 4.74 Å². The van der Waals surface area contributed by atoms with Crippen LogP contribution in [0.2, 0.25) is 0 Å². The molecule has 70 valence electrons. The van der Waals surface area contributed by atoms with E-state index in [1.807, 2.05) is 0 Å². The maximum atomic E-state index is 5.52. The largest absolute Gasteiger partial charge is 0.362 e. The van der Waals surface area contributed by atoms with Gasteiger partial charge in [0.15, 0.2) is 0 Å². The molecule has 2 heterocycles. The van der Waals surface area contributed by atoms with Gasteiger partial charge < -0.3 is 9.64 Å². The molecule has 2 saturated heterocycles. The topological polar surface area (TPSA) is 24.5 Å². The maximum Gasteiger partial charge on any atom is 0.108 e. The first-order valence-electron chi connectivity index (χ1n) is 4.88. The number of hydrogen-bond donors (Lipinski definition) is 1. The molecule has 0 aromatic carbocycles. The first kappa shape index (κ1) is 8.48. The van der Waals surface area contributed by atoms with Crippen LogP contribution in [0.15, 0.2) is 0 Å². The molecule has 0 aliphatic carbocycles. The highest BCUT2D eigenvalue weighted by Gasteiger charge is 2.24. The monoisotopic (exact) mass is 170 g/mol. The zero-order chi connectivity index (χ0) is 8.39. The second-order valence-electron chi connectivity index (χ2n) is 3.97. The van der Waals surface area contributed by atoms with Gasteiger partial charge in [-0.25, -0.2) is 0 Å². The smallest absolute Gasteiger partial charge is 0.108 e. The molecule has 12 heavy (non-hydrogen) atoms. The molecule has 0 radical (unpaired) electrons. The summed E-state index contributed by atoms with van der Waals surface area (Å²) in [6.45, 7) is 4.44. The Morgan fingerprint density at radius 2 is 2.50 bits per heavy atom. The molecule has 0 saturated carbocycles. The van der Waals surface area contributed by atoms with E-state index in [0.29, 0.717) is 6.23 Å². The van der Waals surface area contributed by atoms with E-state index in [-0.39, 0.29) is 0 Å². The summed E-state index contributed by atoms with van der Waals surface area (Å²) in [7, 11) is 2.20. The molecule has 0 bridgehead atoms. The predicted molar refractivity (Wildman–Crippen MR) is 48.0 cm³/mol. The quantitative estimate of drug-likeness (QED) is 0.644. The van der Waals surface area contributed by atoms with Gasteiger partial charge in [0.25, 0.3) is 0 Å². The minimum Gasteiger partial charge on any atom is -0.362 e. The Morgan fingerprint density at radius 3 is 3.08 bits per heavy atom. The van der Waals surface area contributed by atoms with Crippen LogP contribution in [-0.4, -0.2) is 44.4 Å². The van der Waals surface area contributed by atoms with Crippen LogP contribution in [0.25, 0.3) is 0 Å². The fourth-order valence-electron chi connectivity index (χ4n) is 2.15. The molecule has 0 aromatic heterocycles. The predicted octanol–water partition coefficient (Wildman–Crippen LogP) is 0.274. The first-order valence-corrected chi connectivity index (χ1v) is 4.88. The summed E-state index contributed by atoms with van der Waals surface area (Å²) in [5.74, 6) is 0.852.